The molecule has 1 aliphatic rings. The number of nitrogen functional groups attached to an aromatic ring is 1. The SMILES string of the molecule is Cc1c(N2CCCC2=O)cnc(C(C)N=C/C(=C\N)NC(=O)c2cncc(-c3c(C(F)F)ccc(Cl)c3F)n2)c1N. The summed E-state index contributed by atoms with van der Waals surface area (Å²) in [5.41, 5.74) is 12.5. The molecule has 1 aromatic carbocycles. The van der Waals surface area contributed by atoms with Gasteiger partial charge in [0.15, 0.2) is 5.82 Å². The Balaban J connectivity index is 1.52. The zero-order valence-electron chi connectivity index (χ0n) is 22.0. The summed E-state index contributed by atoms with van der Waals surface area (Å²) in [4.78, 5) is 43.3. The fourth-order valence-corrected chi connectivity index (χ4v) is 4.47. The number of nitrogens with one attached hydrogen (secondary N) is 1. The number of carbonyl (C=O) groups is 2. The van der Waals surface area contributed by atoms with E-state index in [9.17, 15) is 22.8 Å². The van der Waals surface area contributed by atoms with Crippen molar-refractivity contribution in [2.75, 3.05) is 17.2 Å². The van der Waals surface area contributed by atoms with E-state index in [2.05, 4.69) is 25.3 Å². The van der Waals surface area contributed by atoms with Crippen LogP contribution in [0.3, 0.4) is 0 Å². The van der Waals surface area contributed by atoms with Gasteiger partial charge in [-0.1, -0.05) is 17.7 Å². The van der Waals surface area contributed by atoms with Crippen LogP contribution < -0.4 is 21.7 Å². The summed E-state index contributed by atoms with van der Waals surface area (Å²) < 4.78 is 41.7. The molecule has 14 heteroatoms. The zero-order valence-corrected chi connectivity index (χ0v) is 22.8. The molecule has 5 N–H and O–H groups in total. The zero-order chi connectivity index (χ0) is 29.8. The average molecular weight is 587 g/mol. The molecule has 0 saturated carbocycles. The molecule has 10 nitrogen and oxygen atoms in total. The Morgan fingerprint density at radius 2 is 2.02 bits per heavy atom. The molecule has 2 aromatic heterocycles. The highest BCUT2D eigenvalue weighted by atomic mass is 35.5. The van der Waals surface area contributed by atoms with Crippen LogP contribution in [0.25, 0.3) is 11.3 Å². The molecular weight excluding hydrogens is 561 g/mol. The van der Waals surface area contributed by atoms with E-state index >= 15 is 0 Å². The smallest absolute Gasteiger partial charge is 0.275 e. The van der Waals surface area contributed by atoms with Gasteiger partial charge in [0, 0.05) is 36.5 Å². The van der Waals surface area contributed by atoms with Crippen LogP contribution >= 0.6 is 11.6 Å². The van der Waals surface area contributed by atoms with Crippen molar-refractivity contribution in [3.8, 4) is 11.3 Å². The fourth-order valence-electron chi connectivity index (χ4n) is 4.31. The number of nitrogens with zero attached hydrogens (tertiary/aromatic N) is 5. The molecule has 0 spiro atoms. The van der Waals surface area contributed by atoms with Gasteiger partial charge in [0.2, 0.25) is 5.91 Å². The summed E-state index contributed by atoms with van der Waals surface area (Å²) in [6.07, 6.45) is 4.32. The van der Waals surface area contributed by atoms with Gasteiger partial charge in [-0.15, -0.1) is 0 Å². The Kier molecular flexibility index (Phi) is 8.86. The maximum atomic E-state index is 14.7. The van der Waals surface area contributed by atoms with Crippen LogP contribution in [0.1, 0.15) is 59.5 Å². The van der Waals surface area contributed by atoms with Gasteiger partial charge in [-0.2, -0.15) is 0 Å². The second kappa shape index (κ2) is 12.3. The van der Waals surface area contributed by atoms with Gasteiger partial charge in [0.1, 0.15) is 5.69 Å². The fraction of sp³-hybridized carbons (Fsp3) is 0.259. The molecular formula is C27H26ClF3N8O2. The van der Waals surface area contributed by atoms with E-state index in [4.69, 9.17) is 23.1 Å². The molecule has 41 heavy (non-hydrogen) atoms. The van der Waals surface area contributed by atoms with Crippen molar-refractivity contribution in [2.24, 2.45) is 10.7 Å². The van der Waals surface area contributed by atoms with Crippen molar-refractivity contribution in [1.82, 2.24) is 20.3 Å². The topological polar surface area (TPSA) is 152 Å². The number of rotatable bonds is 8. The highest BCUT2D eigenvalue weighted by Crippen LogP contribution is 2.35. The Hall–Kier alpha value is -4.52. The van der Waals surface area contributed by atoms with Crippen molar-refractivity contribution < 1.29 is 22.8 Å². The molecule has 3 aromatic rings. The number of allylic oxidation sites excluding steroid dienone is 1. The maximum Gasteiger partial charge on any atom is 0.275 e. The number of aromatic nitrogens is 3. The molecule has 2 amide bonds. The number of carbonyl (C=O) groups excluding carboxylic acids is 2. The first-order chi connectivity index (χ1) is 19.5. The summed E-state index contributed by atoms with van der Waals surface area (Å²) in [5.74, 6) is -1.89. The second-order valence-electron chi connectivity index (χ2n) is 9.16. The van der Waals surface area contributed by atoms with Crippen molar-refractivity contribution >= 4 is 41.0 Å². The van der Waals surface area contributed by atoms with Crippen LogP contribution in [0, 0.1) is 12.7 Å². The van der Waals surface area contributed by atoms with Gasteiger partial charge in [0.05, 0.1) is 58.1 Å². The van der Waals surface area contributed by atoms with Crippen LogP contribution in [-0.2, 0) is 4.79 Å². The Bertz CT molecular complexity index is 1560. The summed E-state index contributed by atoms with van der Waals surface area (Å²) >= 11 is 5.79. The number of halogens is 4. The lowest BCUT2D eigenvalue weighted by Gasteiger charge is -2.21. The minimum absolute atomic E-state index is 0.0176. The quantitative estimate of drug-likeness (QED) is 0.325. The minimum atomic E-state index is -3.02. The molecule has 0 radical (unpaired) electrons. The van der Waals surface area contributed by atoms with Crippen molar-refractivity contribution in [3.05, 3.63) is 76.0 Å². The third kappa shape index (κ3) is 6.14. The van der Waals surface area contributed by atoms with E-state index in [1.165, 1.54) is 6.21 Å². The third-order valence-corrected chi connectivity index (χ3v) is 6.80. The van der Waals surface area contributed by atoms with E-state index in [1.54, 1.807) is 24.9 Å². The van der Waals surface area contributed by atoms with Gasteiger partial charge >= 0.3 is 0 Å². The first-order valence-corrected chi connectivity index (χ1v) is 12.8. The molecule has 4 rings (SSSR count). The van der Waals surface area contributed by atoms with E-state index in [-0.39, 0.29) is 28.0 Å². The Morgan fingerprint density at radius 1 is 1.27 bits per heavy atom. The predicted molar refractivity (Wildman–Crippen MR) is 149 cm³/mol. The van der Waals surface area contributed by atoms with Crippen LogP contribution in [0.4, 0.5) is 24.5 Å². The number of alkyl halides is 2. The highest BCUT2D eigenvalue weighted by molar-refractivity contribution is 6.31. The summed E-state index contributed by atoms with van der Waals surface area (Å²) in [5, 5.41) is 2.11. The van der Waals surface area contributed by atoms with Gasteiger partial charge in [-0.25, -0.2) is 18.2 Å². The van der Waals surface area contributed by atoms with Crippen LogP contribution in [0.5, 0.6) is 0 Å². The van der Waals surface area contributed by atoms with Crippen LogP contribution in [0.15, 0.2) is 47.6 Å². The average Bonchev–Trinajstić information content (AvgIpc) is 3.38. The molecule has 3 heterocycles. The minimum Gasteiger partial charge on any atom is -0.403 e. The van der Waals surface area contributed by atoms with Gasteiger partial charge in [-0.3, -0.25) is 24.5 Å². The van der Waals surface area contributed by atoms with E-state index in [1.807, 2.05) is 0 Å². The molecule has 0 aliphatic carbocycles. The standard InChI is InChI=1S/C27H26ClF3N8O2/c1-13-20(39-7-3-4-21(39)40)12-36-25(24(13)33)14(2)35-9-15(8-32)37-27(41)19-11-34-10-18(38-19)22-16(26(30)31)5-6-17(28)23(22)29/h5-6,8-12,14,26H,3-4,7,32-33H2,1-2H3,(H,37,41)/b15-8+,35-9?. The number of amides is 2. The van der Waals surface area contributed by atoms with E-state index in [0.717, 1.165) is 37.1 Å². The molecule has 214 valence electrons. The van der Waals surface area contributed by atoms with Crippen LogP contribution in [0.2, 0.25) is 5.02 Å². The molecule has 1 saturated heterocycles. The lowest BCUT2D eigenvalue weighted by atomic mass is 10.0. The lowest BCUT2D eigenvalue weighted by molar-refractivity contribution is -0.117. The molecule has 1 fully saturated rings. The summed E-state index contributed by atoms with van der Waals surface area (Å²) in [7, 11) is 0. The van der Waals surface area contributed by atoms with Crippen molar-refractivity contribution in [3.63, 3.8) is 0 Å². The van der Waals surface area contributed by atoms with Gasteiger partial charge < -0.3 is 21.7 Å². The number of aliphatic imine (C=N–C) groups is 1. The van der Waals surface area contributed by atoms with E-state index < -0.39 is 35.3 Å². The van der Waals surface area contributed by atoms with Crippen LogP contribution in [-0.4, -0.2) is 39.5 Å². The molecule has 0 bridgehead atoms. The van der Waals surface area contributed by atoms with E-state index in [0.29, 0.717) is 35.6 Å². The van der Waals surface area contributed by atoms with Crippen molar-refractivity contribution in [1.29, 1.82) is 0 Å². The molecule has 1 atom stereocenters. The first kappa shape index (κ1) is 29.5. The molecule has 1 unspecified atom stereocenters. The number of hydrogen-bond acceptors (Lipinski definition) is 8. The number of pyridine rings is 1. The summed E-state index contributed by atoms with van der Waals surface area (Å²) in [6.45, 7) is 4.14. The molecule has 1 aliphatic heterocycles. The Labute approximate surface area is 238 Å². The number of nitrogens with two attached hydrogens (primary N) is 2. The predicted octanol–water partition coefficient (Wildman–Crippen LogP) is 4.65. The largest absolute Gasteiger partial charge is 0.403 e. The third-order valence-electron chi connectivity index (χ3n) is 6.51. The lowest BCUT2D eigenvalue weighted by Crippen LogP contribution is -2.26. The summed E-state index contributed by atoms with van der Waals surface area (Å²) in [6, 6.07) is 1.44. The number of anilines is 2. The number of benzene rings is 1. The second-order valence-corrected chi connectivity index (χ2v) is 9.57. The number of hydrogen-bond donors (Lipinski definition) is 3. The monoisotopic (exact) mass is 586 g/mol. The Morgan fingerprint density at radius 3 is 2.68 bits per heavy atom. The normalized spacial score (nSPS) is 14.8. The highest BCUT2D eigenvalue weighted by Gasteiger charge is 2.26. The van der Waals surface area contributed by atoms with Crippen molar-refractivity contribution in [2.45, 2.75) is 39.2 Å². The maximum absolute atomic E-state index is 14.7. The first-order valence-electron chi connectivity index (χ1n) is 12.4. The van der Waals surface area contributed by atoms with Gasteiger partial charge in [-0.05, 0) is 31.9 Å². The van der Waals surface area contributed by atoms with Gasteiger partial charge in [0.25, 0.3) is 12.3 Å².